The molecular weight excluding hydrogens is 324 g/mol. The third kappa shape index (κ3) is 8.31. The van der Waals surface area contributed by atoms with Gasteiger partial charge in [-0.2, -0.15) is 0 Å². The zero-order valence-electron chi connectivity index (χ0n) is 15.1. The van der Waals surface area contributed by atoms with E-state index in [0.717, 1.165) is 36.6 Å². The standard InChI is InChI=1S/C17H30N4O2S/c1-5-11-19-17(18-6-2)20-12-15-7-9-16(10-8-15)13-24(22,23)21-14(3)4/h7-10,14,21H,5-6,11-13H2,1-4H3,(H2,18,19,20). The molecule has 0 aliphatic rings. The minimum atomic E-state index is -3.29. The van der Waals surface area contributed by atoms with Crippen molar-refractivity contribution in [1.82, 2.24) is 15.4 Å². The first kappa shape index (κ1) is 20.4. The summed E-state index contributed by atoms with van der Waals surface area (Å²) in [4.78, 5) is 4.53. The Labute approximate surface area is 146 Å². The predicted octanol–water partition coefficient (Wildman–Crippen LogP) is 1.98. The topological polar surface area (TPSA) is 82.6 Å². The maximum absolute atomic E-state index is 11.9. The van der Waals surface area contributed by atoms with Crippen LogP contribution in [-0.2, 0) is 22.3 Å². The zero-order chi connectivity index (χ0) is 18.0. The number of rotatable bonds is 9. The van der Waals surface area contributed by atoms with E-state index in [9.17, 15) is 8.42 Å². The molecule has 0 unspecified atom stereocenters. The molecule has 0 heterocycles. The predicted molar refractivity (Wildman–Crippen MR) is 100 cm³/mol. The molecule has 0 saturated heterocycles. The van der Waals surface area contributed by atoms with Crippen molar-refractivity contribution in [3.05, 3.63) is 35.4 Å². The quantitative estimate of drug-likeness (QED) is 0.468. The van der Waals surface area contributed by atoms with Crippen molar-refractivity contribution < 1.29 is 8.42 Å². The summed E-state index contributed by atoms with van der Waals surface area (Å²) in [5.74, 6) is 0.794. The van der Waals surface area contributed by atoms with E-state index in [4.69, 9.17) is 0 Å². The van der Waals surface area contributed by atoms with Gasteiger partial charge in [-0.25, -0.2) is 18.1 Å². The maximum Gasteiger partial charge on any atom is 0.216 e. The lowest BCUT2D eigenvalue weighted by atomic mass is 10.1. The fraction of sp³-hybridized carbons (Fsp3) is 0.588. The van der Waals surface area contributed by atoms with Crippen LogP contribution in [0.25, 0.3) is 0 Å². The van der Waals surface area contributed by atoms with Crippen molar-refractivity contribution >= 4 is 16.0 Å². The van der Waals surface area contributed by atoms with Gasteiger partial charge in [0.25, 0.3) is 0 Å². The van der Waals surface area contributed by atoms with Crippen molar-refractivity contribution in [3.8, 4) is 0 Å². The third-order valence-corrected chi connectivity index (χ3v) is 4.65. The Bertz CT molecular complexity index is 610. The molecule has 1 aromatic rings. The molecule has 136 valence electrons. The normalized spacial score (nSPS) is 12.5. The van der Waals surface area contributed by atoms with E-state index in [1.165, 1.54) is 0 Å². The molecule has 0 amide bonds. The van der Waals surface area contributed by atoms with Gasteiger partial charge in [0.2, 0.25) is 10.0 Å². The molecule has 0 aromatic heterocycles. The molecule has 6 nitrogen and oxygen atoms in total. The summed E-state index contributed by atoms with van der Waals surface area (Å²) in [5.41, 5.74) is 1.81. The van der Waals surface area contributed by atoms with Gasteiger partial charge in [-0.1, -0.05) is 31.2 Å². The van der Waals surface area contributed by atoms with Crippen LogP contribution in [0.3, 0.4) is 0 Å². The molecule has 0 aliphatic heterocycles. The molecular formula is C17H30N4O2S. The number of aliphatic imine (C=N–C) groups is 1. The van der Waals surface area contributed by atoms with Crippen LogP contribution in [0.15, 0.2) is 29.3 Å². The number of nitrogens with zero attached hydrogens (tertiary/aromatic N) is 1. The van der Waals surface area contributed by atoms with Gasteiger partial charge in [-0.3, -0.25) is 0 Å². The highest BCUT2D eigenvalue weighted by Gasteiger charge is 2.12. The minimum Gasteiger partial charge on any atom is -0.357 e. The number of hydrogen-bond donors (Lipinski definition) is 3. The molecule has 0 saturated carbocycles. The summed E-state index contributed by atoms with van der Waals surface area (Å²) in [6.45, 7) is 10.0. The summed E-state index contributed by atoms with van der Waals surface area (Å²) in [6, 6.07) is 7.44. The van der Waals surface area contributed by atoms with Gasteiger partial charge in [0, 0.05) is 19.1 Å². The zero-order valence-corrected chi connectivity index (χ0v) is 15.9. The first-order valence-corrected chi connectivity index (χ1v) is 10.1. The van der Waals surface area contributed by atoms with Crippen LogP contribution in [0, 0.1) is 0 Å². The van der Waals surface area contributed by atoms with Crippen LogP contribution in [-0.4, -0.2) is 33.5 Å². The summed E-state index contributed by atoms with van der Waals surface area (Å²) in [7, 11) is -3.29. The monoisotopic (exact) mass is 354 g/mol. The van der Waals surface area contributed by atoms with Crippen LogP contribution < -0.4 is 15.4 Å². The van der Waals surface area contributed by atoms with E-state index in [-0.39, 0.29) is 11.8 Å². The van der Waals surface area contributed by atoms with E-state index in [0.29, 0.717) is 6.54 Å². The number of hydrogen-bond acceptors (Lipinski definition) is 3. The Kier molecular flexibility index (Phi) is 8.78. The number of sulfonamides is 1. The second-order valence-electron chi connectivity index (χ2n) is 5.97. The highest BCUT2D eigenvalue weighted by atomic mass is 32.2. The molecule has 0 spiro atoms. The highest BCUT2D eigenvalue weighted by Crippen LogP contribution is 2.09. The molecule has 1 aromatic carbocycles. The summed E-state index contributed by atoms with van der Waals surface area (Å²) >= 11 is 0. The van der Waals surface area contributed by atoms with Gasteiger partial charge in [-0.05, 0) is 38.3 Å². The van der Waals surface area contributed by atoms with Crippen molar-refractivity contribution in [2.24, 2.45) is 4.99 Å². The Balaban J connectivity index is 2.66. The Morgan fingerprint density at radius 3 is 2.25 bits per heavy atom. The van der Waals surface area contributed by atoms with Crippen molar-refractivity contribution in [2.45, 2.75) is 52.5 Å². The molecule has 0 atom stereocenters. The SMILES string of the molecule is CCCNC(=NCc1ccc(CS(=O)(=O)NC(C)C)cc1)NCC. The molecule has 1 rings (SSSR count). The van der Waals surface area contributed by atoms with Gasteiger partial charge >= 0.3 is 0 Å². The Morgan fingerprint density at radius 1 is 1.08 bits per heavy atom. The average Bonchev–Trinajstić information content (AvgIpc) is 2.49. The van der Waals surface area contributed by atoms with Crippen LogP contribution in [0.2, 0.25) is 0 Å². The van der Waals surface area contributed by atoms with E-state index in [1.807, 2.05) is 45.0 Å². The first-order chi connectivity index (χ1) is 11.4. The smallest absolute Gasteiger partial charge is 0.216 e. The Morgan fingerprint density at radius 2 is 1.71 bits per heavy atom. The summed E-state index contributed by atoms with van der Waals surface area (Å²) < 4.78 is 26.5. The number of benzene rings is 1. The van der Waals surface area contributed by atoms with E-state index < -0.39 is 10.0 Å². The Hall–Kier alpha value is -1.60. The van der Waals surface area contributed by atoms with Gasteiger partial charge in [0.1, 0.15) is 0 Å². The lowest BCUT2D eigenvalue weighted by Gasteiger charge is -2.11. The van der Waals surface area contributed by atoms with Crippen LogP contribution in [0.4, 0.5) is 0 Å². The molecule has 0 bridgehead atoms. The fourth-order valence-electron chi connectivity index (χ4n) is 2.12. The van der Waals surface area contributed by atoms with E-state index >= 15 is 0 Å². The lowest BCUT2D eigenvalue weighted by Crippen LogP contribution is -2.37. The van der Waals surface area contributed by atoms with Crippen LogP contribution >= 0.6 is 0 Å². The summed E-state index contributed by atoms with van der Waals surface area (Å²) in [6.07, 6.45) is 1.04. The number of nitrogens with one attached hydrogen (secondary N) is 3. The molecule has 24 heavy (non-hydrogen) atoms. The van der Waals surface area contributed by atoms with Gasteiger partial charge in [0.15, 0.2) is 5.96 Å². The minimum absolute atomic E-state index is 0.00454. The summed E-state index contributed by atoms with van der Waals surface area (Å²) in [5, 5.41) is 6.45. The molecule has 0 aliphatic carbocycles. The molecule has 3 N–H and O–H groups in total. The van der Waals surface area contributed by atoms with Gasteiger partial charge < -0.3 is 10.6 Å². The van der Waals surface area contributed by atoms with E-state index in [1.54, 1.807) is 0 Å². The van der Waals surface area contributed by atoms with Crippen molar-refractivity contribution in [2.75, 3.05) is 13.1 Å². The van der Waals surface area contributed by atoms with Crippen molar-refractivity contribution in [3.63, 3.8) is 0 Å². The molecule has 0 fully saturated rings. The van der Waals surface area contributed by atoms with E-state index in [2.05, 4.69) is 27.3 Å². The fourth-order valence-corrected chi connectivity index (χ4v) is 3.55. The second-order valence-corrected chi connectivity index (χ2v) is 7.72. The maximum atomic E-state index is 11.9. The second kappa shape index (κ2) is 10.3. The third-order valence-electron chi connectivity index (χ3n) is 3.10. The van der Waals surface area contributed by atoms with Gasteiger partial charge in [-0.15, -0.1) is 0 Å². The van der Waals surface area contributed by atoms with Crippen LogP contribution in [0.1, 0.15) is 45.2 Å². The largest absolute Gasteiger partial charge is 0.357 e. The highest BCUT2D eigenvalue weighted by molar-refractivity contribution is 7.88. The van der Waals surface area contributed by atoms with Gasteiger partial charge in [0.05, 0.1) is 12.3 Å². The first-order valence-electron chi connectivity index (χ1n) is 8.46. The average molecular weight is 355 g/mol. The van der Waals surface area contributed by atoms with Crippen molar-refractivity contribution in [1.29, 1.82) is 0 Å². The van der Waals surface area contributed by atoms with Crippen LogP contribution in [0.5, 0.6) is 0 Å². The lowest BCUT2D eigenvalue weighted by molar-refractivity contribution is 0.569. The molecule has 7 heteroatoms. The number of guanidine groups is 1. The molecule has 0 radical (unpaired) electrons.